The molecule has 1 saturated heterocycles. The quantitative estimate of drug-likeness (QED) is 0.464. The summed E-state index contributed by atoms with van der Waals surface area (Å²) in [6, 6.07) is 20.4. The van der Waals surface area contributed by atoms with Crippen LogP contribution in [0, 0.1) is 0 Å². The van der Waals surface area contributed by atoms with Crippen LogP contribution in [0.25, 0.3) is 22.0 Å². The number of hydrogen-bond donors (Lipinski definition) is 0. The Morgan fingerprint density at radius 1 is 0.935 bits per heavy atom. The summed E-state index contributed by atoms with van der Waals surface area (Å²) in [7, 11) is 2.04. The zero-order valence-corrected chi connectivity index (χ0v) is 17.6. The van der Waals surface area contributed by atoms with Gasteiger partial charge in [-0.2, -0.15) is 0 Å². The van der Waals surface area contributed by atoms with Crippen LogP contribution in [0.3, 0.4) is 0 Å². The summed E-state index contributed by atoms with van der Waals surface area (Å²) in [5, 5.41) is 1.13. The van der Waals surface area contributed by atoms with Crippen LogP contribution in [-0.2, 0) is 18.4 Å². The van der Waals surface area contributed by atoms with E-state index in [0.717, 1.165) is 41.0 Å². The second kappa shape index (κ2) is 8.26. The molecule has 0 saturated carbocycles. The normalized spacial score (nSPS) is 14.2. The van der Waals surface area contributed by atoms with Crippen molar-refractivity contribution in [1.29, 1.82) is 0 Å². The molecular weight excluding hydrogens is 386 g/mol. The molecule has 0 spiro atoms. The van der Waals surface area contributed by atoms with E-state index in [1.165, 1.54) is 11.3 Å². The molecule has 0 amide bonds. The molecule has 1 aliphatic heterocycles. The molecule has 2 aromatic carbocycles. The van der Waals surface area contributed by atoms with Gasteiger partial charge in [-0.3, -0.25) is 4.79 Å². The fourth-order valence-electron chi connectivity index (χ4n) is 4.12. The van der Waals surface area contributed by atoms with Crippen LogP contribution in [0.4, 0.5) is 5.69 Å². The van der Waals surface area contributed by atoms with Gasteiger partial charge in [0.2, 0.25) is 0 Å². The van der Waals surface area contributed by atoms with Gasteiger partial charge in [0.25, 0.3) is 0 Å². The molecule has 0 aliphatic carbocycles. The molecule has 5 heteroatoms. The molecular formula is C26H25N3O2. The van der Waals surface area contributed by atoms with Gasteiger partial charge in [0.1, 0.15) is 18.1 Å². The molecule has 0 bridgehead atoms. The third-order valence-electron chi connectivity index (χ3n) is 5.80. The zero-order valence-electron chi connectivity index (χ0n) is 17.6. The Hall–Kier alpha value is -3.60. The number of carbonyl (C=O) groups is 1. The van der Waals surface area contributed by atoms with Crippen LogP contribution >= 0.6 is 0 Å². The number of para-hydroxylation sites is 1. The lowest BCUT2D eigenvalue weighted by molar-refractivity contribution is -0.119. The maximum absolute atomic E-state index is 11.6. The van der Waals surface area contributed by atoms with Crippen molar-refractivity contribution >= 4 is 22.4 Å². The van der Waals surface area contributed by atoms with Crippen LogP contribution in [0.1, 0.15) is 18.5 Å². The first-order valence-corrected chi connectivity index (χ1v) is 10.7. The van der Waals surface area contributed by atoms with Crippen LogP contribution < -0.4 is 9.64 Å². The molecule has 5 nitrogen and oxygen atoms in total. The van der Waals surface area contributed by atoms with Gasteiger partial charge in [0.05, 0.1) is 16.9 Å². The minimum Gasteiger partial charge on any atom is -0.487 e. The molecule has 0 unspecified atom stereocenters. The first-order valence-electron chi connectivity index (χ1n) is 10.7. The Morgan fingerprint density at radius 3 is 2.52 bits per heavy atom. The van der Waals surface area contributed by atoms with Crippen molar-refractivity contribution in [2.75, 3.05) is 18.0 Å². The predicted octanol–water partition coefficient (Wildman–Crippen LogP) is 4.99. The topological polar surface area (TPSA) is 47.4 Å². The lowest BCUT2D eigenvalue weighted by Gasteiger charge is -2.28. The number of hydrogen-bond acceptors (Lipinski definition) is 4. The zero-order chi connectivity index (χ0) is 21.2. The number of rotatable bonds is 5. The van der Waals surface area contributed by atoms with E-state index in [-0.39, 0.29) is 0 Å². The molecule has 1 fully saturated rings. The Morgan fingerprint density at radius 2 is 1.71 bits per heavy atom. The minimum absolute atomic E-state index is 0.358. The highest BCUT2D eigenvalue weighted by Gasteiger charge is 2.20. The second-order valence-electron chi connectivity index (χ2n) is 8.06. The summed E-state index contributed by atoms with van der Waals surface area (Å²) < 4.78 is 8.06. The largest absolute Gasteiger partial charge is 0.487 e. The van der Waals surface area contributed by atoms with E-state index in [1.807, 2.05) is 43.4 Å². The van der Waals surface area contributed by atoms with E-state index in [2.05, 4.69) is 51.1 Å². The lowest BCUT2D eigenvalue weighted by Crippen LogP contribution is -2.33. The third-order valence-corrected chi connectivity index (χ3v) is 5.80. The number of ketones is 1. The van der Waals surface area contributed by atoms with Crippen molar-refractivity contribution in [3.63, 3.8) is 0 Å². The smallest absolute Gasteiger partial charge is 0.136 e. The van der Waals surface area contributed by atoms with Gasteiger partial charge in [0.15, 0.2) is 0 Å². The molecule has 5 rings (SSSR count). The minimum atomic E-state index is 0.358. The van der Waals surface area contributed by atoms with E-state index in [9.17, 15) is 4.79 Å². The van der Waals surface area contributed by atoms with Crippen molar-refractivity contribution in [2.45, 2.75) is 19.4 Å². The van der Waals surface area contributed by atoms with Crippen molar-refractivity contribution in [3.05, 3.63) is 78.8 Å². The molecule has 2 aromatic heterocycles. The first-order chi connectivity index (χ1) is 15.2. The molecule has 0 radical (unpaired) electrons. The number of piperidine rings is 1. The fraction of sp³-hybridized carbons (Fsp3) is 0.231. The number of aryl methyl sites for hydroxylation is 1. The summed E-state index contributed by atoms with van der Waals surface area (Å²) in [5.74, 6) is 1.18. The van der Waals surface area contributed by atoms with Crippen molar-refractivity contribution in [1.82, 2.24) is 9.55 Å². The highest BCUT2D eigenvalue weighted by atomic mass is 16.5. The third kappa shape index (κ3) is 4.17. The summed E-state index contributed by atoms with van der Waals surface area (Å²) in [6.45, 7) is 2.01. The summed E-state index contributed by atoms with van der Waals surface area (Å²) in [4.78, 5) is 18.6. The van der Waals surface area contributed by atoms with Gasteiger partial charge >= 0.3 is 0 Å². The molecule has 3 heterocycles. The number of Topliss-reactive ketones (excluding diaryl/α,β-unsaturated/α-hetero) is 1. The highest BCUT2D eigenvalue weighted by Crippen LogP contribution is 2.34. The van der Waals surface area contributed by atoms with Gasteiger partial charge in [-0.25, -0.2) is 4.98 Å². The maximum Gasteiger partial charge on any atom is 0.136 e. The van der Waals surface area contributed by atoms with Crippen LogP contribution in [0.15, 0.2) is 73.1 Å². The lowest BCUT2D eigenvalue weighted by atomic mass is 10.0. The average Bonchev–Trinajstić information content (AvgIpc) is 3.20. The van der Waals surface area contributed by atoms with Gasteiger partial charge < -0.3 is 14.2 Å². The van der Waals surface area contributed by atoms with Gasteiger partial charge in [-0.05, 0) is 29.8 Å². The Balaban J connectivity index is 1.30. The van der Waals surface area contributed by atoms with E-state index >= 15 is 0 Å². The van der Waals surface area contributed by atoms with Gasteiger partial charge in [-0.1, -0.05) is 36.4 Å². The van der Waals surface area contributed by atoms with Crippen molar-refractivity contribution < 1.29 is 9.53 Å². The Kier molecular flexibility index (Phi) is 5.16. The van der Waals surface area contributed by atoms with Gasteiger partial charge in [-0.15, -0.1) is 0 Å². The molecule has 31 heavy (non-hydrogen) atoms. The average molecular weight is 412 g/mol. The van der Waals surface area contributed by atoms with Crippen LogP contribution in [0.5, 0.6) is 5.75 Å². The maximum atomic E-state index is 11.6. The SMILES string of the molecule is Cn1cc(-c2ccc(OCc3ccc4ccccc4n3)cc2)c(N2CCC(=O)CC2)c1. The summed E-state index contributed by atoms with van der Waals surface area (Å²) in [5.41, 5.74) is 5.40. The molecule has 4 aromatic rings. The van der Waals surface area contributed by atoms with E-state index < -0.39 is 0 Å². The number of anilines is 1. The van der Waals surface area contributed by atoms with E-state index in [0.29, 0.717) is 25.2 Å². The number of pyridine rings is 1. The number of carbonyl (C=O) groups excluding carboxylic acids is 1. The molecule has 0 N–H and O–H groups in total. The summed E-state index contributed by atoms with van der Waals surface area (Å²) in [6.07, 6.45) is 5.54. The number of ether oxygens (including phenoxy) is 1. The molecule has 156 valence electrons. The van der Waals surface area contributed by atoms with E-state index in [1.54, 1.807) is 0 Å². The van der Waals surface area contributed by atoms with Gasteiger partial charge in [0, 0.05) is 56.3 Å². The number of aromatic nitrogens is 2. The standard InChI is InChI=1S/C26H25N3O2/c1-28-16-24(26(17-28)29-14-12-22(30)13-15-29)19-7-10-23(11-8-19)31-18-21-9-6-20-4-2-3-5-25(20)27-21/h2-11,16-17H,12-15,18H2,1H3. The number of nitrogens with zero attached hydrogens (tertiary/aromatic N) is 3. The summed E-state index contributed by atoms with van der Waals surface area (Å²) >= 11 is 0. The Labute approximate surface area is 181 Å². The fourth-order valence-corrected chi connectivity index (χ4v) is 4.12. The number of fused-ring (bicyclic) bond motifs is 1. The Bertz CT molecular complexity index is 1220. The van der Waals surface area contributed by atoms with E-state index in [4.69, 9.17) is 4.74 Å². The molecule has 1 aliphatic rings. The van der Waals surface area contributed by atoms with Crippen molar-refractivity contribution in [2.24, 2.45) is 7.05 Å². The van der Waals surface area contributed by atoms with Crippen LogP contribution in [-0.4, -0.2) is 28.4 Å². The molecule has 0 atom stereocenters. The number of benzene rings is 2. The monoisotopic (exact) mass is 411 g/mol. The first kappa shape index (κ1) is 19.4. The van der Waals surface area contributed by atoms with Crippen molar-refractivity contribution in [3.8, 4) is 16.9 Å². The second-order valence-corrected chi connectivity index (χ2v) is 8.06. The predicted molar refractivity (Wildman–Crippen MR) is 123 cm³/mol. The van der Waals surface area contributed by atoms with Crippen LogP contribution in [0.2, 0.25) is 0 Å². The highest BCUT2D eigenvalue weighted by molar-refractivity contribution is 5.84.